The Hall–Kier alpha value is -0.840. The van der Waals surface area contributed by atoms with Crippen molar-refractivity contribution < 1.29 is 9.18 Å². The lowest BCUT2D eigenvalue weighted by Gasteiger charge is -2.31. The van der Waals surface area contributed by atoms with Gasteiger partial charge in [-0.2, -0.15) is 0 Å². The number of hydrogen-bond donors (Lipinski definition) is 1. The number of halogens is 3. The number of rotatable bonds is 2. The van der Waals surface area contributed by atoms with Gasteiger partial charge in [-0.1, -0.05) is 11.6 Å². The molecule has 2 rings (SSSR count). The van der Waals surface area contributed by atoms with E-state index < -0.39 is 5.82 Å². The van der Waals surface area contributed by atoms with Crippen molar-refractivity contribution in [2.75, 3.05) is 20.1 Å². The smallest absolute Gasteiger partial charge is 0.256 e. The first-order valence-electron chi connectivity index (χ1n) is 6.02. The fourth-order valence-electron chi connectivity index (χ4n) is 2.21. The first-order valence-corrected chi connectivity index (χ1v) is 6.40. The maximum Gasteiger partial charge on any atom is 0.256 e. The molecule has 19 heavy (non-hydrogen) atoms. The van der Waals surface area contributed by atoms with Crippen molar-refractivity contribution in [2.24, 2.45) is 0 Å². The minimum Gasteiger partial charge on any atom is -0.339 e. The predicted octanol–water partition coefficient (Wildman–Crippen LogP) is 2.72. The van der Waals surface area contributed by atoms with Gasteiger partial charge in [-0.3, -0.25) is 4.79 Å². The quantitative estimate of drug-likeness (QED) is 0.911. The highest BCUT2D eigenvalue weighted by atomic mass is 35.5. The van der Waals surface area contributed by atoms with E-state index in [1.165, 1.54) is 18.2 Å². The zero-order valence-corrected chi connectivity index (χ0v) is 12.2. The number of piperidine rings is 1. The van der Waals surface area contributed by atoms with Crippen LogP contribution in [0, 0.1) is 5.82 Å². The maximum atomic E-state index is 13.7. The molecule has 1 aromatic carbocycles. The van der Waals surface area contributed by atoms with Crippen LogP contribution < -0.4 is 5.32 Å². The Morgan fingerprint density at radius 3 is 2.63 bits per heavy atom. The molecule has 0 unspecified atom stereocenters. The molecule has 0 atom stereocenters. The van der Waals surface area contributed by atoms with Crippen molar-refractivity contribution in [1.82, 2.24) is 10.2 Å². The highest BCUT2D eigenvalue weighted by molar-refractivity contribution is 6.30. The van der Waals surface area contributed by atoms with Crippen LogP contribution >= 0.6 is 24.0 Å². The first kappa shape index (κ1) is 16.2. The minimum absolute atomic E-state index is 0. The van der Waals surface area contributed by atoms with E-state index in [2.05, 4.69) is 5.32 Å². The molecule has 1 aliphatic rings. The lowest BCUT2D eigenvalue weighted by atomic mass is 10.0. The second-order valence-corrected chi connectivity index (χ2v) is 4.96. The molecule has 1 fully saturated rings. The number of carbonyl (C=O) groups is 1. The summed E-state index contributed by atoms with van der Waals surface area (Å²) in [5.41, 5.74) is 0.0837. The summed E-state index contributed by atoms with van der Waals surface area (Å²) < 4.78 is 13.7. The lowest BCUT2D eigenvalue weighted by molar-refractivity contribution is 0.0698. The van der Waals surface area contributed by atoms with Crippen LogP contribution in [0.15, 0.2) is 18.2 Å². The molecule has 0 radical (unpaired) electrons. The van der Waals surface area contributed by atoms with Crippen LogP contribution in [0.25, 0.3) is 0 Å². The minimum atomic E-state index is -0.562. The third-order valence-corrected chi connectivity index (χ3v) is 3.57. The Morgan fingerprint density at radius 2 is 2.05 bits per heavy atom. The second kappa shape index (κ2) is 7.08. The Balaban J connectivity index is 0.00000180. The van der Waals surface area contributed by atoms with Crippen LogP contribution in [-0.2, 0) is 0 Å². The van der Waals surface area contributed by atoms with Crippen LogP contribution in [0.3, 0.4) is 0 Å². The van der Waals surface area contributed by atoms with Crippen molar-refractivity contribution in [2.45, 2.75) is 18.9 Å². The molecule has 1 aliphatic heterocycles. The van der Waals surface area contributed by atoms with E-state index in [0.29, 0.717) is 5.02 Å². The summed E-state index contributed by atoms with van der Waals surface area (Å²) in [4.78, 5) is 13.8. The van der Waals surface area contributed by atoms with Gasteiger partial charge in [0.25, 0.3) is 5.91 Å². The number of amides is 1. The van der Waals surface area contributed by atoms with Crippen LogP contribution in [0.4, 0.5) is 4.39 Å². The molecule has 0 aromatic heterocycles. The number of nitrogens with one attached hydrogen (secondary N) is 1. The van der Waals surface area contributed by atoms with E-state index in [4.69, 9.17) is 11.6 Å². The van der Waals surface area contributed by atoms with Crippen LogP contribution in [0.1, 0.15) is 23.2 Å². The third kappa shape index (κ3) is 3.81. The van der Waals surface area contributed by atoms with Gasteiger partial charge in [-0.05, 0) is 44.1 Å². The normalized spacial score (nSPS) is 15.7. The molecule has 6 heteroatoms. The Labute approximate surface area is 123 Å². The zero-order valence-electron chi connectivity index (χ0n) is 10.7. The number of nitrogens with zero attached hydrogens (tertiary/aromatic N) is 1. The van der Waals surface area contributed by atoms with Gasteiger partial charge in [0.15, 0.2) is 0 Å². The molecule has 0 aliphatic carbocycles. The summed E-state index contributed by atoms with van der Waals surface area (Å²) in [5.74, 6) is -0.843. The van der Waals surface area contributed by atoms with Gasteiger partial charge in [0.05, 0.1) is 5.56 Å². The summed E-state index contributed by atoms with van der Waals surface area (Å²) in [5, 5.41) is 3.54. The number of benzene rings is 1. The number of hydrogen-bond acceptors (Lipinski definition) is 2. The fraction of sp³-hybridized carbons (Fsp3) is 0.462. The standard InChI is InChI=1S/C13H16ClFN2O.ClH/c1-17(10-4-6-16-7-5-10)13(18)11-3-2-9(14)8-12(11)15;/h2-3,8,10,16H,4-7H2,1H3;1H. The van der Waals surface area contributed by atoms with E-state index >= 15 is 0 Å². The van der Waals surface area contributed by atoms with Crippen molar-refractivity contribution in [3.05, 3.63) is 34.6 Å². The van der Waals surface area contributed by atoms with Gasteiger partial charge in [0, 0.05) is 18.1 Å². The van der Waals surface area contributed by atoms with Gasteiger partial charge < -0.3 is 10.2 Å². The molecule has 0 spiro atoms. The highest BCUT2D eigenvalue weighted by Gasteiger charge is 2.24. The van der Waals surface area contributed by atoms with Gasteiger partial charge in [-0.15, -0.1) is 12.4 Å². The number of carbonyl (C=O) groups excluding carboxylic acids is 1. The maximum absolute atomic E-state index is 13.7. The zero-order chi connectivity index (χ0) is 13.1. The van der Waals surface area contributed by atoms with E-state index in [1.807, 2.05) is 0 Å². The average Bonchev–Trinajstić information content (AvgIpc) is 2.38. The van der Waals surface area contributed by atoms with Crippen molar-refractivity contribution >= 4 is 29.9 Å². The van der Waals surface area contributed by atoms with Crippen LogP contribution in [-0.4, -0.2) is 37.0 Å². The van der Waals surface area contributed by atoms with Crippen molar-refractivity contribution in [3.8, 4) is 0 Å². The van der Waals surface area contributed by atoms with E-state index in [-0.39, 0.29) is 29.9 Å². The molecule has 1 amide bonds. The summed E-state index contributed by atoms with van der Waals surface area (Å²) in [6.07, 6.45) is 1.80. The monoisotopic (exact) mass is 306 g/mol. The average molecular weight is 307 g/mol. The van der Waals surface area contributed by atoms with E-state index in [9.17, 15) is 9.18 Å². The first-order chi connectivity index (χ1) is 8.59. The lowest BCUT2D eigenvalue weighted by Crippen LogP contribution is -2.44. The Kier molecular flexibility index (Phi) is 6.04. The van der Waals surface area contributed by atoms with Gasteiger partial charge in [-0.25, -0.2) is 4.39 Å². The predicted molar refractivity (Wildman–Crippen MR) is 76.6 cm³/mol. The SMILES string of the molecule is CN(C(=O)c1ccc(Cl)cc1F)C1CCNCC1.Cl. The summed E-state index contributed by atoms with van der Waals surface area (Å²) in [7, 11) is 1.73. The van der Waals surface area contributed by atoms with Gasteiger partial charge in [0.1, 0.15) is 5.82 Å². The molecule has 1 saturated heterocycles. The van der Waals surface area contributed by atoms with E-state index in [1.54, 1.807) is 11.9 Å². The highest BCUT2D eigenvalue weighted by Crippen LogP contribution is 2.18. The molecule has 1 aromatic rings. The van der Waals surface area contributed by atoms with Crippen molar-refractivity contribution in [3.63, 3.8) is 0 Å². The summed E-state index contributed by atoms with van der Waals surface area (Å²) >= 11 is 5.68. The molecular formula is C13H17Cl2FN2O. The molecule has 106 valence electrons. The molecular weight excluding hydrogens is 290 g/mol. The molecule has 0 bridgehead atoms. The fourth-order valence-corrected chi connectivity index (χ4v) is 2.37. The van der Waals surface area contributed by atoms with Gasteiger partial charge >= 0.3 is 0 Å². The molecule has 1 heterocycles. The Bertz CT molecular complexity index is 450. The Morgan fingerprint density at radius 1 is 1.42 bits per heavy atom. The molecule has 0 saturated carbocycles. The summed E-state index contributed by atoms with van der Waals surface area (Å²) in [6, 6.07) is 4.32. The topological polar surface area (TPSA) is 32.3 Å². The second-order valence-electron chi connectivity index (χ2n) is 4.52. The molecule has 1 N–H and O–H groups in total. The van der Waals surface area contributed by atoms with Gasteiger partial charge in [0.2, 0.25) is 0 Å². The van der Waals surface area contributed by atoms with Crippen LogP contribution in [0.2, 0.25) is 5.02 Å². The largest absolute Gasteiger partial charge is 0.339 e. The van der Waals surface area contributed by atoms with Crippen LogP contribution in [0.5, 0.6) is 0 Å². The summed E-state index contributed by atoms with van der Waals surface area (Å²) in [6.45, 7) is 1.79. The third-order valence-electron chi connectivity index (χ3n) is 3.34. The van der Waals surface area contributed by atoms with E-state index in [0.717, 1.165) is 25.9 Å². The molecule has 3 nitrogen and oxygen atoms in total. The van der Waals surface area contributed by atoms with Crippen molar-refractivity contribution in [1.29, 1.82) is 0 Å².